The van der Waals surface area contributed by atoms with E-state index in [0.717, 1.165) is 30.9 Å². The Kier molecular flexibility index (Phi) is 5.85. The number of β-amino-alcohol motifs (C(OH)–C–C–N with tert-alkyl or cyclic N) is 1. The number of benzene rings is 2. The van der Waals surface area contributed by atoms with Crippen molar-refractivity contribution in [3.05, 3.63) is 46.4 Å². The minimum atomic E-state index is -0.0856. The summed E-state index contributed by atoms with van der Waals surface area (Å²) in [6.45, 7) is 1.87. The van der Waals surface area contributed by atoms with Crippen LogP contribution in [-0.4, -0.2) is 24.3 Å². The summed E-state index contributed by atoms with van der Waals surface area (Å²) in [6.07, 6.45) is 3.29. The van der Waals surface area contributed by atoms with Crippen LogP contribution in [0.1, 0.15) is 19.3 Å². The summed E-state index contributed by atoms with van der Waals surface area (Å²) in [4.78, 5) is 0. The lowest BCUT2D eigenvalue weighted by atomic mass is 10.2. The zero-order valence-corrected chi connectivity index (χ0v) is 14.7. The van der Waals surface area contributed by atoms with Crippen LogP contribution < -0.4 is 15.4 Å². The average molecular weight is 367 g/mol. The van der Waals surface area contributed by atoms with Crippen molar-refractivity contribution in [2.24, 2.45) is 0 Å². The molecule has 6 heteroatoms. The standard InChI is InChI=1S/C12H7Cl2NO.C6H13NO/c13-7-1-3-9-11(5-7)16-12-6-8(14)2-4-10(12)15-9;8-6-3-1-2-4-7-5-6/h1-6,15H;6-8H,1-5H2. The molecule has 24 heavy (non-hydrogen) atoms. The fraction of sp³-hybridized carbons (Fsp3) is 0.333. The van der Waals surface area contributed by atoms with Gasteiger partial charge in [0.15, 0.2) is 11.5 Å². The molecule has 128 valence electrons. The molecule has 4 rings (SSSR count). The summed E-state index contributed by atoms with van der Waals surface area (Å²) in [5, 5.41) is 16.7. The molecular weight excluding hydrogens is 347 g/mol. The lowest BCUT2D eigenvalue weighted by molar-refractivity contribution is 0.168. The number of nitrogens with one attached hydrogen (secondary N) is 2. The molecule has 1 atom stereocenters. The van der Waals surface area contributed by atoms with Crippen molar-refractivity contribution in [3.8, 4) is 11.5 Å². The van der Waals surface area contributed by atoms with Crippen molar-refractivity contribution in [2.75, 3.05) is 18.4 Å². The van der Waals surface area contributed by atoms with Crippen LogP contribution >= 0.6 is 23.2 Å². The molecule has 0 aliphatic carbocycles. The van der Waals surface area contributed by atoms with Gasteiger partial charge in [0.05, 0.1) is 17.5 Å². The molecule has 0 aromatic heterocycles. The van der Waals surface area contributed by atoms with Gasteiger partial charge in [-0.1, -0.05) is 23.2 Å². The van der Waals surface area contributed by atoms with E-state index in [2.05, 4.69) is 10.6 Å². The van der Waals surface area contributed by atoms with Gasteiger partial charge in [-0.2, -0.15) is 0 Å². The van der Waals surface area contributed by atoms with Gasteiger partial charge >= 0.3 is 0 Å². The first-order valence-electron chi connectivity index (χ1n) is 8.04. The normalized spacial score (nSPS) is 18.7. The number of rotatable bonds is 0. The molecule has 0 radical (unpaired) electrons. The van der Waals surface area contributed by atoms with Gasteiger partial charge < -0.3 is 20.5 Å². The van der Waals surface area contributed by atoms with E-state index in [0.29, 0.717) is 21.5 Å². The van der Waals surface area contributed by atoms with Gasteiger partial charge in [0.25, 0.3) is 0 Å². The number of ether oxygens (including phenoxy) is 1. The molecular formula is C18H20Cl2N2O2. The summed E-state index contributed by atoms with van der Waals surface area (Å²) in [5.74, 6) is 1.42. The van der Waals surface area contributed by atoms with E-state index in [1.54, 1.807) is 12.1 Å². The van der Waals surface area contributed by atoms with Crippen molar-refractivity contribution in [3.63, 3.8) is 0 Å². The Labute approximate surface area is 151 Å². The van der Waals surface area contributed by atoms with Crippen molar-refractivity contribution in [1.29, 1.82) is 0 Å². The highest BCUT2D eigenvalue weighted by molar-refractivity contribution is 6.31. The molecule has 3 N–H and O–H groups in total. The number of hydrogen-bond donors (Lipinski definition) is 3. The molecule has 1 fully saturated rings. The highest BCUT2D eigenvalue weighted by Crippen LogP contribution is 2.43. The Morgan fingerprint density at radius 3 is 2.21 bits per heavy atom. The second-order valence-electron chi connectivity index (χ2n) is 5.86. The second kappa shape index (κ2) is 8.08. The van der Waals surface area contributed by atoms with E-state index in [9.17, 15) is 0 Å². The van der Waals surface area contributed by atoms with Gasteiger partial charge in [0, 0.05) is 28.7 Å². The van der Waals surface area contributed by atoms with Gasteiger partial charge in [-0.05, 0) is 50.1 Å². The Morgan fingerprint density at radius 1 is 0.958 bits per heavy atom. The summed E-state index contributed by atoms with van der Waals surface area (Å²) < 4.78 is 5.71. The summed E-state index contributed by atoms with van der Waals surface area (Å²) in [6, 6.07) is 10.9. The van der Waals surface area contributed by atoms with Gasteiger partial charge in [0.2, 0.25) is 0 Å². The third kappa shape index (κ3) is 4.54. The third-order valence-electron chi connectivity index (χ3n) is 3.90. The van der Waals surface area contributed by atoms with Gasteiger partial charge in [-0.25, -0.2) is 0 Å². The van der Waals surface area contributed by atoms with E-state index < -0.39 is 0 Å². The van der Waals surface area contributed by atoms with Crippen LogP contribution in [0.25, 0.3) is 0 Å². The fourth-order valence-corrected chi connectivity index (χ4v) is 2.96. The van der Waals surface area contributed by atoms with E-state index in [1.807, 2.05) is 24.3 Å². The second-order valence-corrected chi connectivity index (χ2v) is 6.73. The first kappa shape index (κ1) is 17.4. The van der Waals surface area contributed by atoms with Crippen LogP contribution in [0.5, 0.6) is 11.5 Å². The lowest BCUT2D eigenvalue weighted by Crippen LogP contribution is -2.23. The van der Waals surface area contributed by atoms with Crippen LogP contribution in [0.2, 0.25) is 10.0 Å². The number of fused-ring (bicyclic) bond motifs is 2. The molecule has 1 unspecified atom stereocenters. The monoisotopic (exact) mass is 366 g/mol. The van der Waals surface area contributed by atoms with Crippen LogP contribution in [0.4, 0.5) is 11.4 Å². The highest BCUT2D eigenvalue weighted by Gasteiger charge is 2.16. The first-order valence-corrected chi connectivity index (χ1v) is 8.80. The minimum absolute atomic E-state index is 0.0856. The molecule has 0 spiro atoms. The van der Waals surface area contributed by atoms with Crippen LogP contribution in [0.3, 0.4) is 0 Å². The highest BCUT2D eigenvalue weighted by atomic mass is 35.5. The SMILES string of the molecule is Clc1ccc2c(c1)Oc1cc(Cl)ccc1N2.OC1CCCCNC1. The molecule has 2 aromatic carbocycles. The van der Waals surface area contributed by atoms with Crippen molar-refractivity contribution >= 4 is 34.6 Å². The van der Waals surface area contributed by atoms with E-state index in [1.165, 1.54) is 12.8 Å². The number of aliphatic hydroxyl groups excluding tert-OH is 1. The van der Waals surface area contributed by atoms with Crippen molar-refractivity contribution in [2.45, 2.75) is 25.4 Å². The molecule has 0 bridgehead atoms. The number of aliphatic hydroxyl groups is 1. The predicted molar refractivity (Wildman–Crippen MR) is 99.0 cm³/mol. The van der Waals surface area contributed by atoms with E-state index in [-0.39, 0.29) is 6.10 Å². The zero-order chi connectivity index (χ0) is 16.9. The van der Waals surface area contributed by atoms with Gasteiger partial charge in [-0.3, -0.25) is 0 Å². The predicted octanol–water partition coefficient (Wildman–Crippen LogP) is 4.96. The van der Waals surface area contributed by atoms with E-state index in [4.69, 9.17) is 33.0 Å². The molecule has 0 amide bonds. The third-order valence-corrected chi connectivity index (χ3v) is 4.37. The van der Waals surface area contributed by atoms with Gasteiger partial charge in [-0.15, -0.1) is 0 Å². The molecule has 1 saturated heterocycles. The average Bonchev–Trinajstić information content (AvgIpc) is 2.81. The van der Waals surface area contributed by atoms with Crippen LogP contribution in [0.15, 0.2) is 36.4 Å². The fourth-order valence-electron chi connectivity index (χ4n) is 2.63. The molecule has 2 aliphatic heterocycles. The Morgan fingerprint density at radius 2 is 1.58 bits per heavy atom. The lowest BCUT2D eigenvalue weighted by Gasteiger charge is -2.21. The van der Waals surface area contributed by atoms with Crippen LogP contribution in [-0.2, 0) is 0 Å². The smallest absolute Gasteiger partial charge is 0.152 e. The summed E-state index contributed by atoms with van der Waals surface area (Å²) >= 11 is 11.8. The number of hydrogen-bond acceptors (Lipinski definition) is 4. The summed E-state index contributed by atoms with van der Waals surface area (Å²) in [7, 11) is 0. The first-order chi connectivity index (χ1) is 11.6. The van der Waals surface area contributed by atoms with Crippen molar-refractivity contribution < 1.29 is 9.84 Å². The topological polar surface area (TPSA) is 53.5 Å². The van der Waals surface area contributed by atoms with Crippen LogP contribution in [0, 0.1) is 0 Å². The van der Waals surface area contributed by atoms with Gasteiger partial charge in [0.1, 0.15) is 0 Å². The maximum Gasteiger partial charge on any atom is 0.152 e. The zero-order valence-electron chi connectivity index (χ0n) is 13.2. The molecule has 2 aromatic rings. The Balaban J connectivity index is 0.000000179. The molecule has 4 nitrogen and oxygen atoms in total. The number of halogens is 2. The molecule has 0 saturated carbocycles. The van der Waals surface area contributed by atoms with E-state index >= 15 is 0 Å². The maximum absolute atomic E-state index is 9.03. The maximum atomic E-state index is 9.03. The van der Waals surface area contributed by atoms with Crippen molar-refractivity contribution in [1.82, 2.24) is 5.32 Å². The minimum Gasteiger partial charge on any atom is -0.453 e. The molecule has 2 aliphatic rings. The summed E-state index contributed by atoms with van der Waals surface area (Å²) in [5.41, 5.74) is 1.80. The molecule has 2 heterocycles. The Bertz CT molecular complexity index is 652. The largest absolute Gasteiger partial charge is 0.453 e. The Hall–Kier alpha value is -1.46. The number of anilines is 2. The quantitative estimate of drug-likeness (QED) is 0.526.